The summed E-state index contributed by atoms with van der Waals surface area (Å²) in [4.78, 5) is 19.9. The standard InChI is InChI=1S/C20H24N4O2S/c1-4-24-14(3)11-16(22-24)19(25)23(12-15-8-6-10-26-15)20-21-18-13(2)7-5-9-17(18)27-20/h5,7,9,11,15H,4,6,8,10,12H2,1-3H3. The number of carbonyl (C=O) groups is 1. The molecule has 1 fully saturated rings. The van der Waals surface area contributed by atoms with E-state index in [0.29, 0.717) is 17.4 Å². The van der Waals surface area contributed by atoms with Crippen molar-refractivity contribution in [2.24, 2.45) is 0 Å². The van der Waals surface area contributed by atoms with Gasteiger partial charge in [0.25, 0.3) is 5.91 Å². The number of fused-ring (bicyclic) bond motifs is 1. The lowest BCUT2D eigenvalue weighted by atomic mass is 10.2. The lowest BCUT2D eigenvalue weighted by molar-refractivity contribution is 0.0912. The van der Waals surface area contributed by atoms with Crippen molar-refractivity contribution in [3.63, 3.8) is 0 Å². The van der Waals surface area contributed by atoms with E-state index in [0.717, 1.165) is 47.5 Å². The van der Waals surface area contributed by atoms with E-state index in [9.17, 15) is 4.79 Å². The molecule has 1 unspecified atom stereocenters. The van der Waals surface area contributed by atoms with Crippen molar-refractivity contribution < 1.29 is 9.53 Å². The fourth-order valence-corrected chi connectivity index (χ4v) is 4.55. The van der Waals surface area contributed by atoms with Crippen LogP contribution in [-0.2, 0) is 11.3 Å². The summed E-state index contributed by atoms with van der Waals surface area (Å²) in [6.07, 6.45) is 2.06. The summed E-state index contributed by atoms with van der Waals surface area (Å²) in [5.74, 6) is -0.113. The van der Waals surface area contributed by atoms with Crippen molar-refractivity contribution in [3.05, 3.63) is 41.2 Å². The van der Waals surface area contributed by atoms with E-state index in [2.05, 4.69) is 5.10 Å². The Kier molecular flexibility index (Phi) is 4.97. The van der Waals surface area contributed by atoms with Crippen molar-refractivity contribution in [2.45, 2.75) is 46.3 Å². The van der Waals surface area contributed by atoms with Crippen LogP contribution in [0.2, 0.25) is 0 Å². The monoisotopic (exact) mass is 384 g/mol. The van der Waals surface area contributed by atoms with E-state index < -0.39 is 0 Å². The van der Waals surface area contributed by atoms with Gasteiger partial charge in [-0.2, -0.15) is 5.10 Å². The number of rotatable bonds is 5. The highest BCUT2D eigenvalue weighted by molar-refractivity contribution is 7.22. The van der Waals surface area contributed by atoms with Crippen LogP contribution in [-0.4, -0.2) is 39.9 Å². The molecule has 0 spiro atoms. The molecular formula is C20H24N4O2S. The Morgan fingerprint density at radius 3 is 2.93 bits per heavy atom. The SMILES string of the molecule is CCn1nc(C(=O)N(CC2CCCO2)c2nc3c(C)cccc3s2)cc1C. The van der Waals surface area contributed by atoms with E-state index in [4.69, 9.17) is 9.72 Å². The number of ether oxygens (including phenoxy) is 1. The van der Waals surface area contributed by atoms with Gasteiger partial charge in [-0.05, 0) is 51.3 Å². The first-order valence-corrected chi connectivity index (χ1v) is 10.2. The normalized spacial score (nSPS) is 16.9. The number of aryl methyl sites for hydroxylation is 3. The quantitative estimate of drug-likeness (QED) is 0.668. The lowest BCUT2D eigenvalue weighted by Crippen LogP contribution is -2.37. The average molecular weight is 385 g/mol. The molecule has 1 aliphatic heterocycles. The molecule has 142 valence electrons. The van der Waals surface area contributed by atoms with Crippen molar-refractivity contribution >= 4 is 32.6 Å². The van der Waals surface area contributed by atoms with Gasteiger partial charge in [0.15, 0.2) is 10.8 Å². The number of aromatic nitrogens is 3. The number of anilines is 1. The maximum Gasteiger partial charge on any atom is 0.280 e. The number of benzene rings is 1. The van der Waals surface area contributed by atoms with Crippen LogP contribution >= 0.6 is 11.3 Å². The number of carbonyl (C=O) groups excluding carboxylic acids is 1. The number of hydrogen-bond acceptors (Lipinski definition) is 5. The first-order chi connectivity index (χ1) is 13.1. The molecule has 4 rings (SSSR count). The number of nitrogens with zero attached hydrogens (tertiary/aromatic N) is 4. The molecule has 27 heavy (non-hydrogen) atoms. The van der Waals surface area contributed by atoms with Crippen LogP contribution in [0.5, 0.6) is 0 Å². The highest BCUT2D eigenvalue weighted by atomic mass is 32.1. The maximum atomic E-state index is 13.3. The molecule has 0 bridgehead atoms. The first-order valence-electron chi connectivity index (χ1n) is 9.41. The fourth-order valence-electron chi connectivity index (χ4n) is 3.50. The molecule has 2 aromatic heterocycles. The Bertz CT molecular complexity index is 972. The predicted molar refractivity (Wildman–Crippen MR) is 108 cm³/mol. The van der Waals surface area contributed by atoms with Gasteiger partial charge in [-0.1, -0.05) is 23.5 Å². The minimum atomic E-state index is -0.113. The van der Waals surface area contributed by atoms with Crippen LogP contribution in [0.3, 0.4) is 0 Å². The van der Waals surface area contributed by atoms with Gasteiger partial charge < -0.3 is 4.74 Å². The van der Waals surface area contributed by atoms with E-state index in [1.165, 1.54) is 0 Å². The minimum absolute atomic E-state index is 0.0522. The summed E-state index contributed by atoms with van der Waals surface area (Å²) in [6, 6.07) is 7.98. The first kappa shape index (κ1) is 18.1. The Labute approximate surface area is 162 Å². The molecule has 3 aromatic rings. The van der Waals surface area contributed by atoms with Crippen LogP contribution in [0.15, 0.2) is 24.3 Å². The molecular weight excluding hydrogens is 360 g/mol. The Balaban J connectivity index is 1.72. The van der Waals surface area contributed by atoms with Gasteiger partial charge in [0.1, 0.15) is 0 Å². The maximum absolute atomic E-state index is 13.3. The van der Waals surface area contributed by atoms with Gasteiger partial charge in [-0.25, -0.2) is 4.98 Å². The number of hydrogen-bond donors (Lipinski definition) is 0. The summed E-state index contributed by atoms with van der Waals surface area (Å²) in [5.41, 5.74) is 3.52. The fraction of sp³-hybridized carbons (Fsp3) is 0.450. The van der Waals surface area contributed by atoms with Crippen LogP contribution in [0.1, 0.15) is 41.5 Å². The van der Waals surface area contributed by atoms with E-state index in [1.54, 1.807) is 16.2 Å². The molecule has 3 heterocycles. The van der Waals surface area contributed by atoms with Crippen LogP contribution in [0.25, 0.3) is 10.2 Å². The highest BCUT2D eigenvalue weighted by Crippen LogP contribution is 2.32. The van der Waals surface area contributed by atoms with Gasteiger partial charge in [0.05, 0.1) is 22.9 Å². The van der Waals surface area contributed by atoms with E-state index in [-0.39, 0.29) is 12.0 Å². The van der Waals surface area contributed by atoms with E-state index in [1.807, 2.05) is 49.7 Å². The summed E-state index contributed by atoms with van der Waals surface area (Å²) in [6.45, 7) is 8.05. The third kappa shape index (κ3) is 3.49. The second-order valence-corrected chi connectivity index (χ2v) is 7.96. The molecule has 0 aliphatic carbocycles. The van der Waals surface area contributed by atoms with Crippen molar-refractivity contribution in [1.82, 2.24) is 14.8 Å². The summed E-state index contributed by atoms with van der Waals surface area (Å²) in [7, 11) is 0. The third-order valence-corrected chi connectivity index (χ3v) is 6.04. The topological polar surface area (TPSA) is 60.2 Å². The zero-order valence-electron chi connectivity index (χ0n) is 15.9. The highest BCUT2D eigenvalue weighted by Gasteiger charge is 2.28. The largest absolute Gasteiger partial charge is 0.376 e. The van der Waals surface area contributed by atoms with Gasteiger partial charge in [-0.15, -0.1) is 0 Å². The smallest absolute Gasteiger partial charge is 0.280 e. The molecule has 0 N–H and O–H groups in total. The molecule has 1 amide bonds. The zero-order chi connectivity index (χ0) is 19.0. The number of para-hydroxylation sites is 1. The Morgan fingerprint density at radius 2 is 2.26 bits per heavy atom. The average Bonchev–Trinajstić information content (AvgIpc) is 3.38. The second kappa shape index (κ2) is 7.40. The summed E-state index contributed by atoms with van der Waals surface area (Å²) < 4.78 is 8.73. The minimum Gasteiger partial charge on any atom is -0.376 e. The zero-order valence-corrected chi connectivity index (χ0v) is 16.8. The lowest BCUT2D eigenvalue weighted by Gasteiger charge is -2.22. The van der Waals surface area contributed by atoms with E-state index >= 15 is 0 Å². The van der Waals surface area contributed by atoms with Gasteiger partial charge in [-0.3, -0.25) is 14.4 Å². The summed E-state index contributed by atoms with van der Waals surface area (Å²) >= 11 is 1.55. The van der Waals surface area contributed by atoms with Crippen LogP contribution < -0.4 is 4.90 Å². The summed E-state index contributed by atoms with van der Waals surface area (Å²) in [5, 5.41) is 5.19. The van der Waals surface area contributed by atoms with Crippen LogP contribution in [0.4, 0.5) is 5.13 Å². The number of amides is 1. The molecule has 0 radical (unpaired) electrons. The molecule has 7 heteroatoms. The van der Waals surface area contributed by atoms with Crippen LogP contribution in [0, 0.1) is 13.8 Å². The third-order valence-electron chi connectivity index (χ3n) is 5.00. The molecule has 1 atom stereocenters. The molecule has 1 aromatic carbocycles. The van der Waals surface area contributed by atoms with Gasteiger partial charge >= 0.3 is 0 Å². The van der Waals surface area contributed by atoms with Crippen molar-refractivity contribution in [3.8, 4) is 0 Å². The molecule has 0 saturated carbocycles. The molecule has 1 aliphatic rings. The molecule has 6 nitrogen and oxygen atoms in total. The number of thiazole rings is 1. The van der Waals surface area contributed by atoms with Crippen molar-refractivity contribution in [2.75, 3.05) is 18.1 Å². The molecule has 1 saturated heterocycles. The Hall–Kier alpha value is -2.25. The van der Waals surface area contributed by atoms with Crippen molar-refractivity contribution in [1.29, 1.82) is 0 Å². The predicted octanol–water partition coefficient (Wildman–Crippen LogP) is 3.96. The van der Waals surface area contributed by atoms with Gasteiger partial charge in [0.2, 0.25) is 0 Å². The van der Waals surface area contributed by atoms with Gasteiger partial charge in [0, 0.05) is 18.8 Å². The second-order valence-electron chi connectivity index (χ2n) is 6.96. The Morgan fingerprint density at radius 1 is 1.41 bits per heavy atom.